The van der Waals surface area contributed by atoms with Crippen LogP contribution in [0, 0.1) is 0 Å². The van der Waals surface area contributed by atoms with Gasteiger partial charge in [-0.05, 0) is 61.4 Å². The molecule has 0 aliphatic carbocycles. The molecule has 2 N–H and O–H groups in total. The van der Waals surface area contributed by atoms with Crippen LogP contribution >= 0.6 is 0 Å². The van der Waals surface area contributed by atoms with Gasteiger partial charge in [0.2, 0.25) is 5.91 Å². The average molecular weight is 435 g/mol. The highest BCUT2D eigenvalue weighted by Crippen LogP contribution is 2.25. The van der Waals surface area contributed by atoms with Gasteiger partial charge in [0.15, 0.2) is 0 Å². The molecule has 32 heavy (non-hydrogen) atoms. The van der Waals surface area contributed by atoms with E-state index >= 15 is 0 Å². The van der Waals surface area contributed by atoms with Crippen molar-refractivity contribution in [1.29, 1.82) is 0 Å². The largest absolute Gasteiger partial charge is 0.497 e. The molecule has 1 aromatic heterocycles. The lowest BCUT2D eigenvalue weighted by Crippen LogP contribution is -2.39. The first kappa shape index (κ1) is 21.6. The van der Waals surface area contributed by atoms with E-state index < -0.39 is 12.0 Å². The molecule has 0 unspecified atom stereocenters. The number of nitrogens with one attached hydrogen (secondary N) is 2. The fourth-order valence-electron chi connectivity index (χ4n) is 3.90. The Morgan fingerprint density at radius 3 is 2.69 bits per heavy atom. The topological polar surface area (TPSA) is 101 Å². The molecule has 2 amide bonds. The number of imide groups is 1. The summed E-state index contributed by atoms with van der Waals surface area (Å²) in [5.74, 6) is -0.215. The Balaban J connectivity index is 1.39. The zero-order valence-corrected chi connectivity index (χ0v) is 18.0. The summed E-state index contributed by atoms with van der Waals surface area (Å²) in [7, 11) is 1.63. The molecule has 3 aromatic rings. The third-order valence-corrected chi connectivity index (χ3v) is 5.54. The predicted molar refractivity (Wildman–Crippen MR) is 120 cm³/mol. The van der Waals surface area contributed by atoms with Gasteiger partial charge in [-0.1, -0.05) is 0 Å². The lowest BCUT2D eigenvalue weighted by molar-refractivity contribution is -0.121. The smallest absolute Gasteiger partial charge is 0.338 e. The molecular weight excluding hydrogens is 410 g/mol. The molecule has 1 saturated heterocycles. The number of amides is 2. The fraction of sp³-hybridized carbons (Fsp3) is 0.292. The molecule has 0 bridgehead atoms. The van der Waals surface area contributed by atoms with E-state index in [-0.39, 0.29) is 24.8 Å². The van der Waals surface area contributed by atoms with E-state index in [0.29, 0.717) is 24.2 Å². The third kappa shape index (κ3) is 4.22. The van der Waals surface area contributed by atoms with Crippen LogP contribution in [0.3, 0.4) is 0 Å². The number of benzene rings is 2. The first-order chi connectivity index (χ1) is 15.5. The zero-order chi connectivity index (χ0) is 22.7. The molecule has 1 aliphatic rings. The highest BCUT2D eigenvalue weighted by atomic mass is 16.5. The van der Waals surface area contributed by atoms with Crippen molar-refractivity contribution in [3.63, 3.8) is 0 Å². The minimum absolute atomic E-state index is 0.0974. The second kappa shape index (κ2) is 9.23. The Morgan fingerprint density at radius 1 is 1.19 bits per heavy atom. The molecule has 2 heterocycles. The monoisotopic (exact) mass is 435 g/mol. The number of nitrogens with zero attached hydrogens (tertiary/aromatic N) is 1. The van der Waals surface area contributed by atoms with E-state index in [1.54, 1.807) is 38.3 Å². The standard InChI is InChI=1S/C24H25N3O5/c1-3-32-24(30)15-4-6-17(7-5-15)27-22(28)13-21(23(27)29)25-11-10-16-14-26-20-9-8-18(31-2)12-19(16)20/h4-9,12,14,21,25-26H,3,10-11,13H2,1-2H3/t21-/m0/s1. The van der Waals surface area contributed by atoms with Gasteiger partial charge in [-0.3, -0.25) is 9.59 Å². The van der Waals surface area contributed by atoms with Crippen molar-refractivity contribution in [2.24, 2.45) is 0 Å². The highest BCUT2D eigenvalue weighted by molar-refractivity contribution is 6.22. The van der Waals surface area contributed by atoms with Gasteiger partial charge in [0.05, 0.1) is 37.4 Å². The first-order valence-corrected chi connectivity index (χ1v) is 10.5. The van der Waals surface area contributed by atoms with Crippen LogP contribution in [0.5, 0.6) is 5.75 Å². The molecule has 166 valence electrons. The van der Waals surface area contributed by atoms with Crippen molar-refractivity contribution in [1.82, 2.24) is 10.3 Å². The summed E-state index contributed by atoms with van der Waals surface area (Å²) in [6.45, 7) is 2.56. The second-order valence-electron chi connectivity index (χ2n) is 7.52. The van der Waals surface area contributed by atoms with Gasteiger partial charge < -0.3 is 19.8 Å². The van der Waals surface area contributed by atoms with Crippen LogP contribution in [0.15, 0.2) is 48.7 Å². The van der Waals surface area contributed by atoms with E-state index in [1.165, 1.54) is 4.90 Å². The molecule has 8 heteroatoms. The number of carbonyl (C=O) groups is 3. The van der Waals surface area contributed by atoms with Crippen LogP contribution < -0.4 is 15.0 Å². The minimum atomic E-state index is -0.577. The van der Waals surface area contributed by atoms with Gasteiger partial charge >= 0.3 is 5.97 Å². The molecular formula is C24H25N3O5. The summed E-state index contributed by atoms with van der Waals surface area (Å²) in [5, 5.41) is 4.28. The summed E-state index contributed by atoms with van der Waals surface area (Å²) in [6, 6.07) is 11.6. The summed E-state index contributed by atoms with van der Waals surface area (Å²) in [5.41, 5.74) is 2.95. The van der Waals surface area contributed by atoms with Crippen LogP contribution in [-0.4, -0.2) is 49.1 Å². The van der Waals surface area contributed by atoms with Gasteiger partial charge in [0, 0.05) is 23.6 Å². The lowest BCUT2D eigenvalue weighted by Gasteiger charge is -2.16. The normalized spacial score (nSPS) is 16.1. The van der Waals surface area contributed by atoms with E-state index in [2.05, 4.69) is 10.3 Å². The first-order valence-electron chi connectivity index (χ1n) is 10.5. The number of esters is 1. The fourth-order valence-corrected chi connectivity index (χ4v) is 3.90. The molecule has 1 atom stereocenters. The summed E-state index contributed by atoms with van der Waals surface area (Å²) < 4.78 is 10.3. The van der Waals surface area contributed by atoms with Gasteiger partial charge in [-0.2, -0.15) is 0 Å². The average Bonchev–Trinajstić information content (AvgIpc) is 3.33. The predicted octanol–water partition coefficient (Wildman–Crippen LogP) is 2.82. The van der Waals surface area contributed by atoms with Crippen molar-refractivity contribution in [2.75, 3.05) is 25.2 Å². The maximum Gasteiger partial charge on any atom is 0.338 e. The Labute approximate surface area is 185 Å². The molecule has 4 rings (SSSR count). The zero-order valence-electron chi connectivity index (χ0n) is 18.0. The number of fused-ring (bicyclic) bond motifs is 1. The van der Waals surface area contributed by atoms with Gasteiger partial charge in [-0.15, -0.1) is 0 Å². The maximum atomic E-state index is 12.9. The summed E-state index contributed by atoms with van der Waals surface area (Å²) in [4.78, 5) is 41.6. The van der Waals surface area contributed by atoms with E-state index in [4.69, 9.17) is 9.47 Å². The number of H-pyrrole nitrogens is 1. The number of aromatic nitrogens is 1. The number of methoxy groups -OCH3 is 1. The molecule has 8 nitrogen and oxygen atoms in total. The molecule has 1 fully saturated rings. The number of carbonyl (C=O) groups excluding carboxylic acids is 3. The van der Waals surface area contributed by atoms with Crippen LogP contribution in [0.25, 0.3) is 10.9 Å². The number of anilines is 1. The minimum Gasteiger partial charge on any atom is -0.497 e. The third-order valence-electron chi connectivity index (χ3n) is 5.54. The molecule has 0 radical (unpaired) electrons. The van der Waals surface area contributed by atoms with E-state index in [9.17, 15) is 14.4 Å². The number of hydrogen-bond acceptors (Lipinski definition) is 6. The van der Waals surface area contributed by atoms with Gasteiger partial charge in [-0.25, -0.2) is 9.69 Å². The molecule has 1 aliphatic heterocycles. The Kier molecular flexibility index (Phi) is 6.23. The Morgan fingerprint density at radius 2 is 1.97 bits per heavy atom. The SMILES string of the molecule is CCOC(=O)c1ccc(N2C(=O)C[C@H](NCCc3c[nH]c4ccc(OC)cc34)C2=O)cc1. The van der Waals surface area contributed by atoms with Crippen LogP contribution in [0.1, 0.15) is 29.3 Å². The van der Waals surface area contributed by atoms with E-state index in [0.717, 1.165) is 22.2 Å². The summed E-state index contributed by atoms with van der Waals surface area (Å²) in [6.07, 6.45) is 2.74. The van der Waals surface area contributed by atoms with Crippen molar-refractivity contribution in [3.8, 4) is 5.75 Å². The molecule has 2 aromatic carbocycles. The quantitative estimate of drug-likeness (QED) is 0.417. The van der Waals surface area contributed by atoms with Crippen molar-refractivity contribution < 1.29 is 23.9 Å². The number of hydrogen-bond donors (Lipinski definition) is 2. The Hall–Kier alpha value is -3.65. The van der Waals surface area contributed by atoms with Crippen molar-refractivity contribution in [3.05, 3.63) is 59.8 Å². The van der Waals surface area contributed by atoms with Crippen LogP contribution in [-0.2, 0) is 20.7 Å². The highest BCUT2D eigenvalue weighted by Gasteiger charge is 2.39. The number of ether oxygens (including phenoxy) is 2. The lowest BCUT2D eigenvalue weighted by atomic mass is 10.1. The van der Waals surface area contributed by atoms with Crippen molar-refractivity contribution in [2.45, 2.75) is 25.8 Å². The van der Waals surface area contributed by atoms with Crippen molar-refractivity contribution >= 4 is 34.4 Å². The van der Waals surface area contributed by atoms with Gasteiger partial charge in [0.25, 0.3) is 5.91 Å². The number of rotatable bonds is 8. The maximum absolute atomic E-state index is 12.9. The van der Waals surface area contributed by atoms with Gasteiger partial charge in [0.1, 0.15) is 5.75 Å². The second-order valence-corrected chi connectivity index (χ2v) is 7.52. The van der Waals surface area contributed by atoms with Crippen LogP contribution in [0.2, 0.25) is 0 Å². The number of aromatic amines is 1. The molecule has 0 saturated carbocycles. The summed E-state index contributed by atoms with van der Waals surface area (Å²) >= 11 is 0. The van der Waals surface area contributed by atoms with E-state index in [1.807, 2.05) is 24.4 Å². The Bertz CT molecular complexity index is 1150. The molecule has 0 spiro atoms. The van der Waals surface area contributed by atoms with Crippen LogP contribution in [0.4, 0.5) is 5.69 Å².